The van der Waals surface area contributed by atoms with Gasteiger partial charge in [0.2, 0.25) is 5.91 Å². The number of rotatable bonds is 4. The van der Waals surface area contributed by atoms with Gasteiger partial charge in [0.05, 0.1) is 19.7 Å². The molecule has 1 aliphatic rings. The number of hydrogen-bond acceptors (Lipinski definition) is 5. The number of carbonyl (C=O) groups excluding carboxylic acids is 1. The standard InChI is InChI=1S/C17H21N3O2S/c1-13(21)19-8-9-20(12-17-18-7-10-23-17)15(11-19)14-5-3-4-6-16(14)22-2/h3-7,10,15H,8-9,11-12H2,1-2H3/t15-/m0/s1. The van der Waals surface area contributed by atoms with Gasteiger partial charge in [0, 0.05) is 43.7 Å². The number of carbonyl (C=O) groups is 1. The Morgan fingerprint density at radius 1 is 1.39 bits per heavy atom. The molecule has 5 nitrogen and oxygen atoms in total. The number of methoxy groups -OCH3 is 1. The van der Waals surface area contributed by atoms with E-state index < -0.39 is 0 Å². The maximum atomic E-state index is 11.8. The van der Waals surface area contributed by atoms with Crippen LogP contribution in [0, 0.1) is 0 Å². The maximum Gasteiger partial charge on any atom is 0.219 e. The highest BCUT2D eigenvalue weighted by molar-refractivity contribution is 7.09. The summed E-state index contributed by atoms with van der Waals surface area (Å²) in [6.45, 7) is 4.71. The van der Waals surface area contributed by atoms with E-state index in [1.165, 1.54) is 0 Å². The summed E-state index contributed by atoms with van der Waals surface area (Å²) in [5.41, 5.74) is 1.12. The van der Waals surface area contributed by atoms with Gasteiger partial charge in [-0.3, -0.25) is 9.69 Å². The first kappa shape index (κ1) is 16.0. The Hall–Kier alpha value is -1.92. The van der Waals surface area contributed by atoms with Crippen LogP contribution in [0.15, 0.2) is 35.8 Å². The van der Waals surface area contributed by atoms with Gasteiger partial charge < -0.3 is 9.64 Å². The smallest absolute Gasteiger partial charge is 0.219 e. The summed E-state index contributed by atoms with van der Waals surface area (Å²) in [5, 5.41) is 3.10. The molecule has 1 aromatic carbocycles. The summed E-state index contributed by atoms with van der Waals surface area (Å²) >= 11 is 1.67. The van der Waals surface area contributed by atoms with Crippen LogP contribution < -0.4 is 4.74 Å². The van der Waals surface area contributed by atoms with Gasteiger partial charge in [0.25, 0.3) is 0 Å². The molecule has 23 heavy (non-hydrogen) atoms. The number of amides is 1. The van der Waals surface area contributed by atoms with Crippen LogP contribution in [0.1, 0.15) is 23.5 Å². The van der Waals surface area contributed by atoms with Crippen LogP contribution in [0.2, 0.25) is 0 Å². The number of nitrogens with zero attached hydrogens (tertiary/aromatic N) is 3. The third-order valence-corrected chi connectivity index (χ3v) is 5.02. The van der Waals surface area contributed by atoms with Crippen molar-refractivity contribution in [2.45, 2.75) is 19.5 Å². The molecule has 1 fully saturated rings. The third-order valence-electron chi connectivity index (χ3n) is 4.26. The van der Waals surface area contributed by atoms with Crippen molar-refractivity contribution in [3.05, 3.63) is 46.4 Å². The Balaban J connectivity index is 1.89. The van der Waals surface area contributed by atoms with Crippen LogP contribution in [0.25, 0.3) is 0 Å². The lowest BCUT2D eigenvalue weighted by Gasteiger charge is -2.41. The topological polar surface area (TPSA) is 45.7 Å². The third kappa shape index (κ3) is 3.54. The minimum atomic E-state index is 0.118. The van der Waals surface area contributed by atoms with Crippen LogP contribution in [-0.2, 0) is 11.3 Å². The van der Waals surface area contributed by atoms with Crippen molar-refractivity contribution >= 4 is 17.2 Å². The lowest BCUT2D eigenvalue weighted by Crippen LogP contribution is -2.49. The zero-order chi connectivity index (χ0) is 16.2. The molecule has 1 amide bonds. The first-order chi connectivity index (χ1) is 11.2. The Kier molecular flexibility index (Phi) is 4.93. The van der Waals surface area contributed by atoms with E-state index in [2.05, 4.69) is 16.0 Å². The van der Waals surface area contributed by atoms with E-state index in [-0.39, 0.29) is 11.9 Å². The van der Waals surface area contributed by atoms with Crippen LogP contribution in [0.5, 0.6) is 5.75 Å². The van der Waals surface area contributed by atoms with Gasteiger partial charge in [-0.15, -0.1) is 11.3 Å². The molecule has 1 atom stereocenters. The van der Waals surface area contributed by atoms with Crippen molar-refractivity contribution in [3.63, 3.8) is 0 Å². The first-order valence-corrected chi connectivity index (χ1v) is 8.58. The second-order valence-corrected chi connectivity index (χ2v) is 6.60. The Morgan fingerprint density at radius 2 is 2.22 bits per heavy atom. The van der Waals surface area contributed by atoms with E-state index in [0.29, 0.717) is 6.54 Å². The van der Waals surface area contributed by atoms with Gasteiger partial charge in [-0.1, -0.05) is 18.2 Å². The normalized spacial score (nSPS) is 18.9. The van der Waals surface area contributed by atoms with Crippen LogP contribution in [-0.4, -0.2) is 47.4 Å². The van der Waals surface area contributed by atoms with E-state index in [4.69, 9.17) is 4.74 Å². The van der Waals surface area contributed by atoms with Gasteiger partial charge in [-0.25, -0.2) is 4.98 Å². The Bertz CT molecular complexity index is 660. The molecule has 2 heterocycles. The molecule has 1 aromatic heterocycles. The molecule has 6 heteroatoms. The molecule has 0 saturated carbocycles. The van der Waals surface area contributed by atoms with Crippen molar-refractivity contribution in [2.75, 3.05) is 26.7 Å². The molecule has 3 rings (SSSR count). The van der Waals surface area contributed by atoms with E-state index in [0.717, 1.165) is 36.0 Å². The molecule has 1 saturated heterocycles. The number of aromatic nitrogens is 1. The van der Waals surface area contributed by atoms with Gasteiger partial charge in [0.15, 0.2) is 0 Å². The minimum absolute atomic E-state index is 0.118. The lowest BCUT2D eigenvalue weighted by molar-refractivity contribution is -0.132. The van der Waals surface area contributed by atoms with Crippen molar-refractivity contribution in [2.24, 2.45) is 0 Å². The molecule has 1 aliphatic heterocycles. The van der Waals surface area contributed by atoms with Gasteiger partial charge in [-0.05, 0) is 6.07 Å². The second kappa shape index (κ2) is 7.10. The summed E-state index contributed by atoms with van der Waals surface area (Å²) in [7, 11) is 1.69. The summed E-state index contributed by atoms with van der Waals surface area (Å²) < 4.78 is 5.53. The average molecular weight is 331 g/mol. The van der Waals surface area contributed by atoms with Crippen molar-refractivity contribution < 1.29 is 9.53 Å². The molecule has 122 valence electrons. The number of hydrogen-bond donors (Lipinski definition) is 0. The molecular weight excluding hydrogens is 310 g/mol. The molecule has 0 unspecified atom stereocenters. The summed E-state index contributed by atoms with van der Waals surface area (Å²) in [4.78, 5) is 20.5. The largest absolute Gasteiger partial charge is 0.496 e. The van der Waals surface area contributed by atoms with Crippen molar-refractivity contribution in [1.29, 1.82) is 0 Å². The van der Waals surface area contributed by atoms with Gasteiger partial charge in [0.1, 0.15) is 10.8 Å². The van der Waals surface area contributed by atoms with Crippen LogP contribution in [0.4, 0.5) is 0 Å². The predicted octanol–water partition coefficient (Wildman–Crippen LogP) is 2.56. The monoisotopic (exact) mass is 331 g/mol. The van der Waals surface area contributed by atoms with Crippen molar-refractivity contribution in [1.82, 2.24) is 14.8 Å². The Labute approximate surface area is 140 Å². The SMILES string of the molecule is COc1ccccc1[C@@H]1CN(C(C)=O)CCN1Cc1nccs1. The van der Waals surface area contributed by atoms with Gasteiger partial charge >= 0.3 is 0 Å². The minimum Gasteiger partial charge on any atom is -0.496 e. The number of ether oxygens (including phenoxy) is 1. The number of benzene rings is 1. The lowest BCUT2D eigenvalue weighted by atomic mass is 10.0. The van der Waals surface area contributed by atoms with E-state index in [1.807, 2.05) is 34.7 Å². The van der Waals surface area contributed by atoms with Crippen LogP contribution in [0.3, 0.4) is 0 Å². The quantitative estimate of drug-likeness (QED) is 0.864. The van der Waals surface area contributed by atoms with Crippen molar-refractivity contribution in [3.8, 4) is 5.75 Å². The van der Waals surface area contributed by atoms with E-state index in [1.54, 1.807) is 25.4 Å². The number of thiazole rings is 1. The molecule has 2 aromatic rings. The molecular formula is C17H21N3O2S. The van der Waals surface area contributed by atoms with E-state index in [9.17, 15) is 4.79 Å². The van der Waals surface area contributed by atoms with Gasteiger partial charge in [-0.2, -0.15) is 0 Å². The van der Waals surface area contributed by atoms with Crippen LogP contribution >= 0.6 is 11.3 Å². The highest BCUT2D eigenvalue weighted by Crippen LogP contribution is 2.33. The molecule has 0 aliphatic carbocycles. The fourth-order valence-electron chi connectivity index (χ4n) is 3.04. The molecule has 0 radical (unpaired) electrons. The zero-order valence-electron chi connectivity index (χ0n) is 13.4. The maximum absolute atomic E-state index is 11.8. The first-order valence-electron chi connectivity index (χ1n) is 7.70. The molecule has 0 spiro atoms. The highest BCUT2D eigenvalue weighted by atomic mass is 32.1. The molecule has 0 bridgehead atoms. The number of piperazine rings is 1. The fraction of sp³-hybridized carbons (Fsp3) is 0.412. The highest BCUT2D eigenvalue weighted by Gasteiger charge is 2.31. The predicted molar refractivity (Wildman–Crippen MR) is 90.5 cm³/mol. The molecule has 0 N–H and O–H groups in total. The number of para-hydroxylation sites is 1. The summed E-state index contributed by atoms with van der Waals surface area (Å²) in [5.74, 6) is 0.992. The average Bonchev–Trinajstić information content (AvgIpc) is 3.08. The summed E-state index contributed by atoms with van der Waals surface area (Å²) in [6, 6.07) is 8.17. The fourth-order valence-corrected chi connectivity index (χ4v) is 3.68. The summed E-state index contributed by atoms with van der Waals surface area (Å²) in [6.07, 6.45) is 1.84. The zero-order valence-corrected chi connectivity index (χ0v) is 14.3. The Morgan fingerprint density at radius 3 is 2.91 bits per heavy atom. The second-order valence-electron chi connectivity index (χ2n) is 5.62. The van der Waals surface area contributed by atoms with E-state index >= 15 is 0 Å².